The lowest BCUT2D eigenvalue weighted by Gasteiger charge is -2.26. The highest BCUT2D eigenvalue weighted by Gasteiger charge is 2.46. The second-order valence-corrected chi connectivity index (χ2v) is 8.68. The summed E-state index contributed by atoms with van der Waals surface area (Å²) < 4.78 is 5.15. The number of nitrogens with one attached hydrogen (secondary N) is 1. The lowest BCUT2D eigenvalue weighted by atomic mass is 9.84. The van der Waals surface area contributed by atoms with Crippen LogP contribution in [0.1, 0.15) is 44.5 Å². The van der Waals surface area contributed by atoms with E-state index in [1.807, 2.05) is 0 Å². The van der Waals surface area contributed by atoms with Gasteiger partial charge in [0, 0.05) is 17.5 Å². The Morgan fingerprint density at radius 3 is 2.58 bits per heavy atom. The van der Waals surface area contributed by atoms with Crippen LogP contribution in [0.3, 0.4) is 0 Å². The Kier molecular flexibility index (Phi) is 7.20. The average molecular weight is 499 g/mol. The SMILES string of the molecule is CCOC(=O)C(N)(C(=O)c1cscn1)c1ccc2c(C(=O)NCc3ccc(C#N)cc3)cccc2c1. The standard InChI is InChI=1S/C27H22N4O4S/c1-2-35-26(34)27(29,24(32)23-15-36-16-31-23)20-10-11-21-19(12-20)4-3-5-22(21)25(33)30-14-18-8-6-17(13-28)7-9-18/h3-12,15-16H,2,14,29H2,1H3,(H,30,33). The molecule has 1 aromatic heterocycles. The third-order valence-corrected chi connectivity index (χ3v) is 6.32. The first-order valence-electron chi connectivity index (χ1n) is 11.1. The van der Waals surface area contributed by atoms with Gasteiger partial charge in [-0.3, -0.25) is 9.59 Å². The van der Waals surface area contributed by atoms with Gasteiger partial charge in [-0.1, -0.05) is 36.4 Å². The summed E-state index contributed by atoms with van der Waals surface area (Å²) in [5.74, 6) is -1.84. The summed E-state index contributed by atoms with van der Waals surface area (Å²) in [6.45, 7) is 1.98. The Morgan fingerprint density at radius 1 is 1.14 bits per heavy atom. The number of fused-ring (bicyclic) bond motifs is 1. The number of rotatable bonds is 8. The molecule has 1 heterocycles. The third-order valence-electron chi connectivity index (χ3n) is 5.74. The fourth-order valence-corrected chi connectivity index (χ4v) is 4.35. The largest absolute Gasteiger partial charge is 0.464 e. The van der Waals surface area contributed by atoms with Crippen molar-refractivity contribution in [3.63, 3.8) is 0 Å². The molecule has 4 aromatic rings. The highest BCUT2D eigenvalue weighted by Crippen LogP contribution is 2.29. The van der Waals surface area contributed by atoms with Crippen molar-refractivity contribution in [2.75, 3.05) is 6.61 Å². The maximum atomic E-state index is 13.3. The van der Waals surface area contributed by atoms with Crippen LogP contribution in [-0.4, -0.2) is 29.3 Å². The number of carbonyl (C=O) groups is 3. The van der Waals surface area contributed by atoms with Crippen LogP contribution in [0.5, 0.6) is 0 Å². The number of nitriles is 1. The summed E-state index contributed by atoms with van der Waals surface area (Å²) >= 11 is 1.22. The number of thiazole rings is 1. The van der Waals surface area contributed by atoms with Gasteiger partial charge in [0.2, 0.25) is 11.3 Å². The van der Waals surface area contributed by atoms with E-state index in [1.54, 1.807) is 67.6 Å². The van der Waals surface area contributed by atoms with Crippen molar-refractivity contribution in [1.29, 1.82) is 5.26 Å². The van der Waals surface area contributed by atoms with E-state index in [9.17, 15) is 14.4 Å². The van der Waals surface area contributed by atoms with Crippen LogP contribution in [0.25, 0.3) is 10.8 Å². The van der Waals surface area contributed by atoms with Gasteiger partial charge >= 0.3 is 5.97 Å². The summed E-state index contributed by atoms with van der Waals surface area (Å²) in [6, 6.07) is 19.0. The molecular weight excluding hydrogens is 476 g/mol. The van der Waals surface area contributed by atoms with E-state index < -0.39 is 17.3 Å². The molecule has 1 amide bonds. The van der Waals surface area contributed by atoms with Crippen molar-refractivity contribution in [3.8, 4) is 6.07 Å². The zero-order chi connectivity index (χ0) is 25.7. The number of nitrogens with two attached hydrogens (primary N) is 1. The van der Waals surface area contributed by atoms with Crippen LogP contribution in [0.15, 0.2) is 71.6 Å². The smallest absolute Gasteiger partial charge is 0.339 e. The van der Waals surface area contributed by atoms with E-state index in [0.717, 1.165) is 5.56 Å². The van der Waals surface area contributed by atoms with Crippen molar-refractivity contribution in [2.24, 2.45) is 5.73 Å². The Morgan fingerprint density at radius 2 is 1.92 bits per heavy atom. The summed E-state index contributed by atoms with van der Waals surface area (Å²) in [5, 5.41) is 14.6. The van der Waals surface area contributed by atoms with Gasteiger partial charge in [-0.15, -0.1) is 11.3 Å². The number of carbonyl (C=O) groups excluding carboxylic acids is 3. The van der Waals surface area contributed by atoms with E-state index in [4.69, 9.17) is 15.7 Å². The van der Waals surface area contributed by atoms with Crippen molar-refractivity contribution in [1.82, 2.24) is 10.3 Å². The number of hydrogen-bond acceptors (Lipinski definition) is 8. The van der Waals surface area contributed by atoms with Crippen LogP contribution >= 0.6 is 11.3 Å². The monoisotopic (exact) mass is 498 g/mol. The molecule has 0 fully saturated rings. The minimum atomic E-state index is -2.09. The minimum Gasteiger partial charge on any atom is -0.464 e. The molecule has 8 nitrogen and oxygen atoms in total. The maximum Gasteiger partial charge on any atom is 0.339 e. The summed E-state index contributed by atoms with van der Waals surface area (Å²) in [4.78, 5) is 43.1. The predicted octanol–water partition coefficient (Wildman–Crippen LogP) is 3.70. The Labute approximate surface area is 211 Å². The van der Waals surface area contributed by atoms with Crippen LogP contribution in [-0.2, 0) is 21.6 Å². The topological polar surface area (TPSA) is 135 Å². The van der Waals surface area contributed by atoms with Crippen LogP contribution in [0.4, 0.5) is 0 Å². The number of esters is 1. The van der Waals surface area contributed by atoms with Crippen molar-refractivity contribution in [3.05, 3.63) is 99.5 Å². The molecule has 9 heteroatoms. The van der Waals surface area contributed by atoms with Gasteiger partial charge in [0.25, 0.3) is 5.91 Å². The van der Waals surface area contributed by atoms with Crippen molar-refractivity contribution >= 4 is 39.8 Å². The Balaban J connectivity index is 1.66. The van der Waals surface area contributed by atoms with Crippen LogP contribution in [0, 0.1) is 11.3 Å². The molecule has 0 saturated heterocycles. The third kappa shape index (κ3) is 4.73. The summed E-state index contributed by atoms with van der Waals surface area (Å²) in [5.41, 5.74) is 7.98. The van der Waals surface area contributed by atoms with Gasteiger partial charge in [-0.05, 0) is 53.1 Å². The predicted molar refractivity (Wildman–Crippen MR) is 135 cm³/mol. The molecule has 3 aromatic carbocycles. The Hall–Kier alpha value is -4.39. The molecule has 180 valence electrons. The lowest BCUT2D eigenvalue weighted by Crippen LogP contribution is -2.53. The minimum absolute atomic E-state index is 0.0548. The van der Waals surface area contributed by atoms with E-state index in [-0.39, 0.29) is 30.3 Å². The quantitative estimate of drug-likeness (QED) is 0.215. The number of ketones is 1. The van der Waals surface area contributed by atoms with Crippen molar-refractivity contribution in [2.45, 2.75) is 19.0 Å². The first kappa shape index (κ1) is 24.7. The zero-order valence-corrected chi connectivity index (χ0v) is 20.2. The van der Waals surface area contributed by atoms with Gasteiger partial charge in [-0.2, -0.15) is 5.26 Å². The number of nitrogens with zero attached hydrogens (tertiary/aromatic N) is 2. The number of Topliss-reactive ketones (excluding diaryl/α,β-unsaturated/α-hetero) is 1. The highest BCUT2D eigenvalue weighted by molar-refractivity contribution is 7.07. The summed E-state index contributed by atoms with van der Waals surface area (Å²) in [7, 11) is 0. The lowest BCUT2D eigenvalue weighted by molar-refractivity contribution is -0.147. The molecule has 4 rings (SSSR count). The molecule has 3 N–H and O–H groups in total. The molecule has 0 saturated carbocycles. The first-order chi connectivity index (χ1) is 17.4. The van der Waals surface area contributed by atoms with E-state index in [2.05, 4.69) is 16.4 Å². The van der Waals surface area contributed by atoms with Gasteiger partial charge in [-0.25, -0.2) is 9.78 Å². The molecule has 0 radical (unpaired) electrons. The van der Waals surface area contributed by atoms with Crippen LogP contribution < -0.4 is 11.1 Å². The second-order valence-electron chi connectivity index (χ2n) is 7.96. The number of amides is 1. The number of hydrogen-bond donors (Lipinski definition) is 2. The van der Waals surface area contributed by atoms with E-state index in [0.29, 0.717) is 21.9 Å². The van der Waals surface area contributed by atoms with Gasteiger partial charge in [0.1, 0.15) is 5.69 Å². The molecule has 1 unspecified atom stereocenters. The molecule has 0 aliphatic heterocycles. The molecule has 0 spiro atoms. The molecule has 1 atom stereocenters. The molecule has 36 heavy (non-hydrogen) atoms. The van der Waals surface area contributed by atoms with Crippen LogP contribution in [0.2, 0.25) is 0 Å². The average Bonchev–Trinajstić information content (AvgIpc) is 3.45. The first-order valence-corrected chi connectivity index (χ1v) is 12.0. The molecular formula is C27H22N4O4S. The Bertz CT molecular complexity index is 1480. The summed E-state index contributed by atoms with van der Waals surface area (Å²) in [6.07, 6.45) is 0. The molecule has 0 aliphatic carbocycles. The molecule has 0 aliphatic rings. The normalized spacial score (nSPS) is 12.4. The van der Waals surface area contributed by atoms with Crippen molar-refractivity contribution < 1.29 is 19.1 Å². The fourth-order valence-electron chi connectivity index (χ4n) is 3.81. The number of ether oxygens (including phenoxy) is 1. The van der Waals surface area contributed by atoms with E-state index >= 15 is 0 Å². The number of aromatic nitrogens is 1. The van der Waals surface area contributed by atoms with Gasteiger partial charge in [0.15, 0.2) is 0 Å². The van der Waals surface area contributed by atoms with Gasteiger partial charge < -0.3 is 15.8 Å². The zero-order valence-electron chi connectivity index (χ0n) is 19.4. The molecule has 0 bridgehead atoms. The van der Waals surface area contributed by atoms with E-state index in [1.165, 1.54) is 22.2 Å². The fraction of sp³-hybridized carbons (Fsp3) is 0.148. The second kappa shape index (κ2) is 10.5. The number of benzene rings is 3. The van der Waals surface area contributed by atoms with Gasteiger partial charge in [0.05, 0.1) is 23.8 Å². The maximum absolute atomic E-state index is 13.3. The highest BCUT2D eigenvalue weighted by atomic mass is 32.1.